The van der Waals surface area contributed by atoms with Crippen molar-refractivity contribution >= 4 is 12.2 Å². The van der Waals surface area contributed by atoms with Crippen LogP contribution in [0, 0.1) is 5.82 Å². The van der Waals surface area contributed by atoms with E-state index in [2.05, 4.69) is 0 Å². The zero-order valence-electron chi connectivity index (χ0n) is 15.8. The molecule has 1 aliphatic rings. The van der Waals surface area contributed by atoms with Crippen LogP contribution in [0.5, 0.6) is 0 Å². The Morgan fingerprint density at radius 1 is 1.24 bits per heavy atom. The van der Waals surface area contributed by atoms with E-state index in [4.69, 9.17) is 4.74 Å². The van der Waals surface area contributed by atoms with E-state index < -0.39 is 42.0 Å². The molecule has 3 unspecified atom stereocenters. The molecule has 5 nitrogen and oxygen atoms in total. The highest BCUT2D eigenvalue weighted by molar-refractivity contribution is 5.88. The maximum absolute atomic E-state index is 14.4. The quantitative estimate of drug-likeness (QED) is 0.752. The molecule has 3 rings (SSSR count). The van der Waals surface area contributed by atoms with Gasteiger partial charge in [0.2, 0.25) is 0 Å². The summed E-state index contributed by atoms with van der Waals surface area (Å²) in [5.74, 6) is -0.498. The lowest BCUT2D eigenvalue weighted by Gasteiger charge is -2.26. The summed E-state index contributed by atoms with van der Waals surface area (Å²) in [7, 11) is 0. The third-order valence-corrected chi connectivity index (χ3v) is 4.79. The number of amides is 2. The van der Waals surface area contributed by atoms with E-state index >= 15 is 0 Å². The zero-order chi connectivity index (χ0) is 21.3. The number of hydrogen-bond acceptors (Lipinski definition) is 4. The Kier molecular flexibility index (Phi) is 5.55. The van der Waals surface area contributed by atoms with Crippen molar-refractivity contribution in [1.82, 2.24) is 4.90 Å². The highest BCUT2D eigenvalue weighted by Crippen LogP contribution is 2.36. The second-order valence-electron chi connectivity index (χ2n) is 7.44. The maximum atomic E-state index is 14.4. The predicted octanol–water partition coefficient (Wildman–Crippen LogP) is 4.03. The molecule has 8 heteroatoms. The molecule has 29 heavy (non-hydrogen) atoms. The Hall–Kier alpha value is -3.03. The third-order valence-electron chi connectivity index (χ3n) is 4.79. The van der Waals surface area contributed by atoms with E-state index in [0.717, 1.165) is 13.8 Å². The summed E-state index contributed by atoms with van der Waals surface area (Å²) >= 11 is 0. The summed E-state index contributed by atoms with van der Waals surface area (Å²) in [4.78, 5) is 24.0. The van der Waals surface area contributed by atoms with Crippen LogP contribution in [0.3, 0.4) is 0 Å². The first-order valence-corrected chi connectivity index (χ1v) is 8.96. The minimum Gasteiger partial charge on any atom is -0.529 e. The van der Waals surface area contributed by atoms with Crippen molar-refractivity contribution in [3.63, 3.8) is 0 Å². The van der Waals surface area contributed by atoms with Crippen molar-refractivity contribution in [2.24, 2.45) is 0 Å². The standard InChI is InChI=1S/C21H20F3NO4/c1-21(2,24)18(23)14-5-3-4-12(10-14)11-16-17(13-6-8-15(22)9-7-13)29-20(28)25(16)19(26)27/h3-10,16-18H,11H2,1-2H3,(H,26,27)/p-1. The van der Waals surface area contributed by atoms with Gasteiger partial charge in [0.25, 0.3) is 0 Å². The number of rotatable bonds is 5. The fourth-order valence-corrected chi connectivity index (χ4v) is 3.38. The maximum Gasteiger partial charge on any atom is 0.416 e. The number of benzene rings is 2. The lowest BCUT2D eigenvalue weighted by atomic mass is 9.92. The lowest BCUT2D eigenvalue weighted by Crippen LogP contribution is -2.47. The van der Waals surface area contributed by atoms with Gasteiger partial charge in [-0.1, -0.05) is 36.4 Å². The molecule has 154 valence electrons. The van der Waals surface area contributed by atoms with E-state index in [0.29, 0.717) is 16.0 Å². The van der Waals surface area contributed by atoms with E-state index in [-0.39, 0.29) is 12.0 Å². The minimum atomic E-state index is -2.10. The van der Waals surface area contributed by atoms with Crippen LogP contribution in [0.15, 0.2) is 48.5 Å². The Balaban J connectivity index is 1.93. The van der Waals surface area contributed by atoms with Gasteiger partial charge in [0, 0.05) is 0 Å². The first-order valence-electron chi connectivity index (χ1n) is 8.96. The van der Waals surface area contributed by atoms with E-state index in [9.17, 15) is 27.9 Å². The van der Waals surface area contributed by atoms with Crippen molar-refractivity contribution in [2.45, 2.75) is 44.3 Å². The second kappa shape index (κ2) is 7.77. The van der Waals surface area contributed by atoms with Crippen LogP contribution in [-0.2, 0) is 11.2 Å². The zero-order valence-corrected chi connectivity index (χ0v) is 15.8. The minimum absolute atomic E-state index is 0.0188. The van der Waals surface area contributed by atoms with Gasteiger partial charge < -0.3 is 14.6 Å². The Morgan fingerprint density at radius 3 is 2.48 bits per heavy atom. The molecule has 3 atom stereocenters. The van der Waals surface area contributed by atoms with Gasteiger partial charge in [0.05, 0.1) is 6.04 Å². The van der Waals surface area contributed by atoms with Gasteiger partial charge in [-0.2, -0.15) is 0 Å². The van der Waals surface area contributed by atoms with Gasteiger partial charge in [-0.3, -0.25) is 4.90 Å². The number of cyclic esters (lactones) is 1. The third kappa shape index (κ3) is 4.36. The Labute approximate surface area is 165 Å². The number of carboxylic acid groups (broad SMARTS) is 1. The predicted molar refractivity (Wildman–Crippen MR) is 95.8 cm³/mol. The molecule has 0 N–H and O–H groups in total. The number of ether oxygens (including phenoxy) is 1. The van der Waals surface area contributed by atoms with Gasteiger partial charge in [0.1, 0.15) is 23.7 Å². The van der Waals surface area contributed by atoms with Crippen LogP contribution >= 0.6 is 0 Å². The lowest BCUT2D eigenvalue weighted by molar-refractivity contribution is -0.262. The van der Waals surface area contributed by atoms with Gasteiger partial charge in [0.15, 0.2) is 6.17 Å². The molecule has 1 saturated heterocycles. The number of alkyl halides is 2. The van der Waals surface area contributed by atoms with Gasteiger partial charge in [-0.15, -0.1) is 0 Å². The van der Waals surface area contributed by atoms with Gasteiger partial charge in [-0.05, 0) is 49.1 Å². The highest BCUT2D eigenvalue weighted by Gasteiger charge is 2.43. The molecular formula is C21H19F3NO4-. The van der Waals surface area contributed by atoms with Crippen LogP contribution in [-0.4, -0.2) is 28.8 Å². The molecule has 2 amide bonds. The molecular weight excluding hydrogens is 387 g/mol. The fourth-order valence-electron chi connectivity index (χ4n) is 3.38. The average molecular weight is 406 g/mol. The molecule has 0 spiro atoms. The van der Waals surface area contributed by atoms with Crippen molar-refractivity contribution in [1.29, 1.82) is 0 Å². The van der Waals surface area contributed by atoms with Crippen molar-refractivity contribution in [2.75, 3.05) is 0 Å². The molecule has 0 aliphatic carbocycles. The molecule has 2 aromatic rings. The molecule has 1 heterocycles. The molecule has 1 aliphatic heterocycles. The van der Waals surface area contributed by atoms with Crippen LogP contribution in [0.1, 0.15) is 42.8 Å². The number of nitrogens with zero attached hydrogens (tertiary/aromatic N) is 1. The molecule has 0 saturated carbocycles. The summed E-state index contributed by atoms with van der Waals surface area (Å²) in [5.41, 5.74) is -1.12. The number of imide groups is 1. The van der Waals surface area contributed by atoms with Crippen LogP contribution in [0.4, 0.5) is 22.8 Å². The first-order chi connectivity index (χ1) is 13.6. The number of carbonyl (C=O) groups is 2. The Morgan fingerprint density at radius 2 is 1.90 bits per heavy atom. The van der Waals surface area contributed by atoms with Crippen LogP contribution < -0.4 is 5.11 Å². The van der Waals surface area contributed by atoms with Gasteiger partial charge in [-0.25, -0.2) is 18.0 Å². The van der Waals surface area contributed by atoms with Crippen LogP contribution in [0.2, 0.25) is 0 Å². The topological polar surface area (TPSA) is 69.7 Å². The van der Waals surface area contributed by atoms with Gasteiger partial charge >= 0.3 is 6.09 Å². The Bertz CT molecular complexity index is 911. The summed E-state index contributed by atoms with van der Waals surface area (Å²) < 4.78 is 46.8. The van der Waals surface area contributed by atoms with Crippen molar-refractivity contribution in [3.05, 3.63) is 71.0 Å². The summed E-state index contributed by atoms with van der Waals surface area (Å²) in [6.07, 6.45) is -5.74. The fraction of sp³-hybridized carbons (Fsp3) is 0.333. The smallest absolute Gasteiger partial charge is 0.416 e. The first kappa shape index (κ1) is 20.7. The summed E-state index contributed by atoms with van der Waals surface area (Å²) in [6, 6.07) is 10.1. The average Bonchev–Trinajstić information content (AvgIpc) is 2.97. The largest absolute Gasteiger partial charge is 0.529 e. The number of hydrogen-bond donors (Lipinski definition) is 0. The summed E-state index contributed by atoms with van der Waals surface area (Å²) in [6.45, 7) is 2.24. The van der Waals surface area contributed by atoms with Crippen molar-refractivity contribution in [3.8, 4) is 0 Å². The molecule has 1 fully saturated rings. The second-order valence-corrected chi connectivity index (χ2v) is 7.44. The van der Waals surface area contributed by atoms with Crippen LogP contribution in [0.25, 0.3) is 0 Å². The normalized spacial score (nSPS) is 20.4. The van der Waals surface area contributed by atoms with E-state index in [1.54, 1.807) is 6.07 Å². The van der Waals surface area contributed by atoms with E-state index in [1.807, 2.05) is 0 Å². The number of halogens is 3. The van der Waals surface area contributed by atoms with E-state index in [1.165, 1.54) is 42.5 Å². The number of carbonyl (C=O) groups excluding carboxylic acids is 2. The SMILES string of the molecule is CC(C)(F)C(F)c1cccc(CC2C(c3ccc(F)cc3)OC(=O)N2C(=O)[O-])c1. The highest BCUT2D eigenvalue weighted by atomic mass is 19.2. The monoisotopic (exact) mass is 406 g/mol. The molecule has 0 aromatic heterocycles. The molecule has 0 bridgehead atoms. The van der Waals surface area contributed by atoms with Crippen molar-refractivity contribution < 1.29 is 32.6 Å². The summed E-state index contributed by atoms with van der Waals surface area (Å²) in [5, 5.41) is 11.5. The molecule has 0 radical (unpaired) electrons. The molecule has 2 aromatic carbocycles.